The van der Waals surface area contributed by atoms with E-state index in [1.54, 1.807) is 0 Å². The highest BCUT2D eigenvalue weighted by atomic mass is 35.5. The quantitative estimate of drug-likeness (QED) is 0.152. The molecule has 58 heavy (non-hydrogen) atoms. The van der Waals surface area contributed by atoms with Gasteiger partial charge in [0.15, 0.2) is 0 Å². The third-order valence-electron chi connectivity index (χ3n) is 11.1. The molecule has 7 rings (SSSR count). The van der Waals surface area contributed by atoms with Crippen LogP contribution in [0, 0.1) is 6.92 Å². The minimum Gasteiger partial charge on any atom is -0.309 e. The molecule has 0 fully saturated rings. The van der Waals surface area contributed by atoms with Crippen molar-refractivity contribution in [1.82, 2.24) is 0 Å². The van der Waals surface area contributed by atoms with Gasteiger partial charge in [0.25, 0.3) is 0 Å². The number of benzene rings is 7. The Kier molecular flexibility index (Phi) is 11.2. The summed E-state index contributed by atoms with van der Waals surface area (Å²) in [6.07, 6.45) is 0. The predicted molar refractivity (Wildman–Crippen MR) is 253 cm³/mol. The second kappa shape index (κ2) is 16.0. The summed E-state index contributed by atoms with van der Waals surface area (Å²) in [5.74, 6) is 0. The molecule has 3 heteroatoms. The van der Waals surface area contributed by atoms with E-state index in [1.165, 1.54) is 16.7 Å². The Morgan fingerprint density at radius 1 is 0.379 bits per heavy atom. The maximum absolute atomic E-state index is 7.99. The van der Waals surface area contributed by atoms with Crippen LogP contribution in [-0.4, -0.2) is 0 Å². The highest BCUT2D eigenvalue weighted by Gasteiger charge is 2.28. The predicted octanol–water partition coefficient (Wildman–Crippen LogP) is 16.8. The molecule has 0 aromatic heterocycles. The van der Waals surface area contributed by atoms with E-state index in [4.69, 9.17) is 11.6 Å². The van der Waals surface area contributed by atoms with Crippen molar-refractivity contribution in [2.75, 3.05) is 9.80 Å². The first-order chi connectivity index (χ1) is 27.5. The zero-order valence-electron chi connectivity index (χ0n) is 35.9. The van der Waals surface area contributed by atoms with Gasteiger partial charge in [-0.1, -0.05) is 189 Å². The SMILES string of the molecule is Cc1cc(N(c2ccc(C(C)(C)C)cc2)c2ccc(C(C)(C)C)cc2)c(Cl)c(N(c2ccc(C(C)(C)C)cc2)c2c(-c3ccccc3)cccc2-c2ccccc2)c1. The number of hydrogen-bond donors (Lipinski definition) is 0. The van der Waals surface area contributed by atoms with E-state index in [-0.39, 0.29) is 16.2 Å². The van der Waals surface area contributed by atoms with Crippen LogP contribution in [0.4, 0.5) is 34.1 Å². The smallest absolute Gasteiger partial charge is 0.0887 e. The number of para-hydroxylation sites is 1. The largest absolute Gasteiger partial charge is 0.309 e. The summed E-state index contributed by atoms with van der Waals surface area (Å²) in [4.78, 5) is 4.71. The van der Waals surface area contributed by atoms with Crippen molar-refractivity contribution < 1.29 is 0 Å². The van der Waals surface area contributed by atoms with Crippen LogP contribution >= 0.6 is 11.6 Å². The first kappa shape index (κ1) is 40.6. The van der Waals surface area contributed by atoms with Gasteiger partial charge in [-0.15, -0.1) is 0 Å². The first-order valence-corrected chi connectivity index (χ1v) is 20.8. The Balaban J connectivity index is 1.54. The molecule has 0 bridgehead atoms. The summed E-state index contributed by atoms with van der Waals surface area (Å²) in [6, 6.07) is 59.5. The Morgan fingerprint density at radius 3 is 1.05 bits per heavy atom. The molecule has 0 aliphatic carbocycles. The fraction of sp³-hybridized carbons (Fsp3) is 0.236. The topological polar surface area (TPSA) is 6.48 Å². The van der Waals surface area contributed by atoms with E-state index in [0.29, 0.717) is 5.02 Å². The van der Waals surface area contributed by atoms with E-state index < -0.39 is 0 Å². The molecule has 0 spiro atoms. The summed E-state index contributed by atoms with van der Waals surface area (Å²) in [7, 11) is 0. The Hall–Kier alpha value is -5.57. The normalized spacial score (nSPS) is 12.1. The Labute approximate surface area is 352 Å². The third kappa shape index (κ3) is 8.50. The summed E-state index contributed by atoms with van der Waals surface area (Å²) in [5, 5.41) is 0.659. The van der Waals surface area contributed by atoms with Crippen molar-refractivity contribution in [3.05, 3.63) is 191 Å². The Morgan fingerprint density at radius 2 is 0.707 bits per heavy atom. The monoisotopic (exact) mass is 780 g/mol. The minimum absolute atomic E-state index is 0.000231. The van der Waals surface area contributed by atoms with Gasteiger partial charge in [-0.05, 0) is 105 Å². The van der Waals surface area contributed by atoms with Gasteiger partial charge in [0.05, 0.1) is 22.1 Å². The summed E-state index contributed by atoms with van der Waals surface area (Å²) in [6.45, 7) is 22.5. The van der Waals surface area contributed by atoms with Gasteiger partial charge in [0.2, 0.25) is 0 Å². The summed E-state index contributed by atoms with van der Waals surface area (Å²) in [5.41, 5.74) is 15.5. The van der Waals surface area contributed by atoms with Crippen molar-refractivity contribution >= 4 is 45.7 Å². The number of halogens is 1. The maximum atomic E-state index is 7.99. The molecular weight excluding hydrogens is 724 g/mol. The average Bonchev–Trinajstić information content (AvgIpc) is 3.20. The van der Waals surface area contributed by atoms with E-state index in [1.807, 2.05) is 0 Å². The molecule has 294 valence electrons. The van der Waals surface area contributed by atoms with Crippen molar-refractivity contribution in [2.45, 2.75) is 85.5 Å². The van der Waals surface area contributed by atoms with Crippen LogP contribution in [-0.2, 0) is 16.2 Å². The van der Waals surface area contributed by atoms with Crippen LogP contribution in [0.1, 0.15) is 84.6 Å². The standard InChI is InChI=1S/C55H57ClN2/c1-38-36-49(57(44-30-24-41(25-31-44)53(2,3)4)45-32-26-42(27-33-45)54(5,6)7)51(56)50(37-38)58(46-34-28-43(29-35-46)55(8,9)10)52-47(39-18-13-11-14-19-39)22-17-23-48(52)40-20-15-12-16-21-40/h11-37H,1-10H3. The summed E-state index contributed by atoms with van der Waals surface area (Å²) < 4.78 is 0. The molecular formula is C55H57ClN2. The number of nitrogens with zero attached hydrogens (tertiary/aromatic N) is 2. The Bertz CT molecular complexity index is 2360. The van der Waals surface area contributed by atoms with E-state index >= 15 is 0 Å². The number of hydrogen-bond acceptors (Lipinski definition) is 2. The van der Waals surface area contributed by atoms with Gasteiger partial charge in [0, 0.05) is 28.2 Å². The molecule has 7 aromatic carbocycles. The van der Waals surface area contributed by atoms with Crippen molar-refractivity contribution in [2.24, 2.45) is 0 Å². The summed E-state index contributed by atoms with van der Waals surface area (Å²) >= 11 is 7.99. The second-order valence-electron chi connectivity index (χ2n) is 18.6. The van der Waals surface area contributed by atoms with Gasteiger partial charge in [-0.2, -0.15) is 0 Å². The fourth-order valence-electron chi connectivity index (χ4n) is 7.69. The van der Waals surface area contributed by atoms with Gasteiger partial charge in [-0.25, -0.2) is 0 Å². The lowest BCUT2D eigenvalue weighted by Crippen LogP contribution is -2.17. The number of rotatable bonds is 8. The minimum atomic E-state index is 0.000231. The molecule has 0 heterocycles. The molecule has 0 aliphatic rings. The molecule has 0 aliphatic heterocycles. The molecule has 0 unspecified atom stereocenters. The van der Waals surface area contributed by atoms with Gasteiger partial charge in [0.1, 0.15) is 0 Å². The molecule has 0 radical (unpaired) electrons. The molecule has 0 amide bonds. The fourth-order valence-corrected chi connectivity index (χ4v) is 7.97. The molecule has 0 saturated carbocycles. The highest BCUT2D eigenvalue weighted by Crippen LogP contribution is 2.52. The lowest BCUT2D eigenvalue weighted by Gasteiger charge is -2.34. The molecule has 0 N–H and O–H groups in total. The van der Waals surface area contributed by atoms with Crippen LogP contribution in [0.25, 0.3) is 22.3 Å². The first-order valence-electron chi connectivity index (χ1n) is 20.5. The van der Waals surface area contributed by atoms with Crippen molar-refractivity contribution in [3.8, 4) is 22.3 Å². The van der Waals surface area contributed by atoms with Crippen LogP contribution in [0.2, 0.25) is 5.02 Å². The van der Waals surface area contributed by atoms with Crippen LogP contribution < -0.4 is 9.80 Å². The van der Waals surface area contributed by atoms with E-state index in [9.17, 15) is 0 Å². The van der Waals surface area contributed by atoms with E-state index in [0.717, 1.165) is 61.9 Å². The molecule has 0 atom stereocenters. The lowest BCUT2D eigenvalue weighted by molar-refractivity contribution is 0.590. The zero-order chi connectivity index (χ0) is 41.4. The van der Waals surface area contributed by atoms with E-state index in [2.05, 4.69) is 243 Å². The number of aryl methyl sites for hydroxylation is 1. The third-order valence-corrected chi connectivity index (χ3v) is 11.5. The maximum Gasteiger partial charge on any atom is 0.0887 e. The lowest BCUT2D eigenvalue weighted by atomic mass is 9.86. The molecule has 0 saturated heterocycles. The second-order valence-corrected chi connectivity index (χ2v) is 19.0. The van der Waals surface area contributed by atoms with Crippen molar-refractivity contribution in [1.29, 1.82) is 0 Å². The van der Waals surface area contributed by atoms with Gasteiger partial charge in [-0.3, -0.25) is 0 Å². The van der Waals surface area contributed by atoms with Crippen LogP contribution in [0.3, 0.4) is 0 Å². The van der Waals surface area contributed by atoms with Gasteiger partial charge >= 0.3 is 0 Å². The van der Waals surface area contributed by atoms with Crippen LogP contribution in [0.15, 0.2) is 164 Å². The highest BCUT2D eigenvalue weighted by molar-refractivity contribution is 6.37. The molecule has 7 aromatic rings. The number of anilines is 6. The molecule has 2 nitrogen and oxygen atoms in total. The van der Waals surface area contributed by atoms with Gasteiger partial charge < -0.3 is 9.80 Å². The van der Waals surface area contributed by atoms with Crippen molar-refractivity contribution in [3.63, 3.8) is 0 Å². The zero-order valence-corrected chi connectivity index (χ0v) is 36.6. The van der Waals surface area contributed by atoms with Crippen LogP contribution in [0.5, 0.6) is 0 Å². The average molecular weight is 782 g/mol.